The molecule has 0 radical (unpaired) electrons. The third-order valence-electron chi connectivity index (χ3n) is 3.64. The number of furan rings is 1. The molecule has 0 spiro atoms. The van der Waals surface area contributed by atoms with Crippen LogP contribution in [0.4, 0.5) is 10.1 Å². The van der Waals surface area contributed by atoms with E-state index in [2.05, 4.69) is 10.2 Å². The Balaban J connectivity index is 1.73. The molecule has 2 aromatic carbocycles. The molecule has 0 saturated carbocycles. The van der Waals surface area contributed by atoms with Gasteiger partial charge in [0.25, 0.3) is 5.91 Å². The highest BCUT2D eigenvalue weighted by Crippen LogP contribution is 2.23. The predicted molar refractivity (Wildman–Crippen MR) is 95.9 cm³/mol. The zero-order valence-electron chi connectivity index (χ0n) is 14.1. The number of nitrogens with zero attached hydrogens (tertiary/aromatic N) is 1. The normalized spacial score (nSPS) is 10.9. The lowest BCUT2D eigenvalue weighted by Gasteiger charge is -2.11. The monoisotopic (exact) mass is 338 g/mol. The summed E-state index contributed by atoms with van der Waals surface area (Å²) in [5, 5.41) is 2.83. The summed E-state index contributed by atoms with van der Waals surface area (Å²) in [5.74, 6) is 0.0880. The van der Waals surface area contributed by atoms with Crippen molar-refractivity contribution >= 4 is 11.6 Å². The molecule has 4 nitrogen and oxygen atoms in total. The second-order valence-corrected chi connectivity index (χ2v) is 6.06. The molecule has 0 atom stereocenters. The van der Waals surface area contributed by atoms with Gasteiger partial charge in [-0.3, -0.25) is 4.79 Å². The molecule has 5 heteroatoms. The van der Waals surface area contributed by atoms with E-state index in [1.807, 2.05) is 38.4 Å². The zero-order chi connectivity index (χ0) is 17.8. The van der Waals surface area contributed by atoms with Crippen molar-refractivity contribution in [3.63, 3.8) is 0 Å². The van der Waals surface area contributed by atoms with Crippen molar-refractivity contribution < 1.29 is 13.6 Å². The van der Waals surface area contributed by atoms with Gasteiger partial charge >= 0.3 is 0 Å². The number of carbonyl (C=O) groups excluding carboxylic acids is 1. The summed E-state index contributed by atoms with van der Waals surface area (Å²) in [5.41, 5.74) is 2.53. The van der Waals surface area contributed by atoms with Crippen LogP contribution in [0.3, 0.4) is 0 Å². The summed E-state index contributed by atoms with van der Waals surface area (Å²) >= 11 is 0. The summed E-state index contributed by atoms with van der Waals surface area (Å²) in [6, 6.07) is 16.9. The van der Waals surface area contributed by atoms with Gasteiger partial charge in [-0.1, -0.05) is 12.1 Å². The molecular formula is C20H19FN2O2. The van der Waals surface area contributed by atoms with E-state index in [9.17, 15) is 9.18 Å². The van der Waals surface area contributed by atoms with E-state index >= 15 is 0 Å². The SMILES string of the molecule is CN(C)Cc1cccc(NC(=O)c2ccc(-c3ccc(F)cc3)o2)c1. The number of hydrogen-bond donors (Lipinski definition) is 1. The van der Waals surface area contributed by atoms with Gasteiger partial charge in [-0.15, -0.1) is 0 Å². The number of nitrogens with one attached hydrogen (secondary N) is 1. The van der Waals surface area contributed by atoms with E-state index in [1.165, 1.54) is 12.1 Å². The molecule has 0 saturated heterocycles. The van der Waals surface area contributed by atoms with Crippen molar-refractivity contribution in [1.82, 2.24) is 4.90 Å². The predicted octanol–water partition coefficient (Wildman–Crippen LogP) is 4.40. The summed E-state index contributed by atoms with van der Waals surface area (Å²) in [6.45, 7) is 0.791. The second-order valence-electron chi connectivity index (χ2n) is 6.06. The molecule has 128 valence electrons. The van der Waals surface area contributed by atoms with Crippen molar-refractivity contribution in [2.24, 2.45) is 0 Å². The first-order valence-corrected chi connectivity index (χ1v) is 7.92. The molecule has 1 amide bonds. The molecule has 25 heavy (non-hydrogen) atoms. The minimum atomic E-state index is -0.324. The van der Waals surface area contributed by atoms with Crippen molar-refractivity contribution in [2.75, 3.05) is 19.4 Å². The maximum Gasteiger partial charge on any atom is 0.291 e. The fourth-order valence-electron chi connectivity index (χ4n) is 2.53. The first kappa shape index (κ1) is 16.9. The van der Waals surface area contributed by atoms with Crippen LogP contribution in [-0.2, 0) is 6.54 Å². The molecular weight excluding hydrogens is 319 g/mol. The van der Waals surface area contributed by atoms with Gasteiger partial charge in [-0.05, 0) is 68.2 Å². The standard InChI is InChI=1S/C20H19FN2O2/c1-23(2)13-14-4-3-5-17(12-14)22-20(24)19-11-10-18(25-19)15-6-8-16(21)9-7-15/h3-12H,13H2,1-2H3,(H,22,24). The van der Waals surface area contributed by atoms with Crippen molar-refractivity contribution in [3.8, 4) is 11.3 Å². The first-order valence-electron chi connectivity index (χ1n) is 7.92. The molecule has 3 rings (SSSR count). The lowest BCUT2D eigenvalue weighted by Crippen LogP contribution is -2.13. The number of carbonyl (C=O) groups is 1. The maximum absolute atomic E-state index is 13.0. The summed E-state index contributed by atoms with van der Waals surface area (Å²) < 4.78 is 18.6. The Labute approximate surface area is 145 Å². The van der Waals surface area contributed by atoms with Gasteiger partial charge in [0.05, 0.1) is 0 Å². The van der Waals surface area contributed by atoms with Crippen LogP contribution < -0.4 is 5.32 Å². The van der Waals surface area contributed by atoms with Crippen LogP contribution >= 0.6 is 0 Å². The van der Waals surface area contributed by atoms with Crippen LogP contribution in [0.2, 0.25) is 0 Å². The Morgan fingerprint density at radius 3 is 2.56 bits per heavy atom. The first-order chi connectivity index (χ1) is 12.0. The molecule has 0 fully saturated rings. The van der Waals surface area contributed by atoms with Gasteiger partial charge in [0, 0.05) is 17.8 Å². The van der Waals surface area contributed by atoms with Crippen molar-refractivity contribution in [1.29, 1.82) is 0 Å². The number of benzene rings is 2. The fourth-order valence-corrected chi connectivity index (χ4v) is 2.53. The minimum absolute atomic E-state index is 0.206. The molecule has 0 aliphatic rings. The van der Waals surface area contributed by atoms with Crippen LogP contribution in [0, 0.1) is 5.82 Å². The molecule has 3 aromatic rings. The highest BCUT2D eigenvalue weighted by atomic mass is 19.1. The molecule has 0 aliphatic heterocycles. The molecule has 1 N–H and O–H groups in total. The topological polar surface area (TPSA) is 45.5 Å². The number of halogens is 1. The van der Waals surface area contributed by atoms with Crippen LogP contribution in [0.15, 0.2) is 65.1 Å². The van der Waals surface area contributed by atoms with Gasteiger partial charge in [0.2, 0.25) is 0 Å². The Morgan fingerprint density at radius 1 is 1.08 bits per heavy atom. The van der Waals surface area contributed by atoms with E-state index in [-0.39, 0.29) is 17.5 Å². The van der Waals surface area contributed by atoms with Gasteiger partial charge < -0.3 is 14.6 Å². The zero-order valence-corrected chi connectivity index (χ0v) is 14.1. The average Bonchev–Trinajstić information content (AvgIpc) is 3.05. The van der Waals surface area contributed by atoms with Gasteiger partial charge in [0.15, 0.2) is 5.76 Å². The third kappa shape index (κ3) is 4.33. The second kappa shape index (κ2) is 7.32. The van der Waals surface area contributed by atoms with Crippen LogP contribution in [0.25, 0.3) is 11.3 Å². The number of rotatable bonds is 5. The van der Waals surface area contributed by atoms with Crippen LogP contribution in [0.1, 0.15) is 16.1 Å². The minimum Gasteiger partial charge on any atom is -0.451 e. The van der Waals surface area contributed by atoms with Gasteiger partial charge in [-0.2, -0.15) is 0 Å². The van der Waals surface area contributed by atoms with Crippen molar-refractivity contribution in [3.05, 3.63) is 77.8 Å². The highest BCUT2D eigenvalue weighted by Gasteiger charge is 2.13. The smallest absolute Gasteiger partial charge is 0.291 e. The molecule has 0 aliphatic carbocycles. The maximum atomic E-state index is 13.0. The Hall–Kier alpha value is -2.92. The van der Waals surface area contributed by atoms with Gasteiger partial charge in [-0.25, -0.2) is 4.39 Å². The van der Waals surface area contributed by atoms with Crippen molar-refractivity contribution in [2.45, 2.75) is 6.54 Å². The third-order valence-corrected chi connectivity index (χ3v) is 3.64. The summed E-state index contributed by atoms with van der Waals surface area (Å²) in [4.78, 5) is 14.4. The Bertz CT molecular complexity index is 869. The molecule has 1 aromatic heterocycles. The average molecular weight is 338 g/mol. The number of hydrogen-bond acceptors (Lipinski definition) is 3. The largest absolute Gasteiger partial charge is 0.451 e. The highest BCUT2D eigenvalue weighted by molar-refractivity contribution is 6.02. The van der Waals surface area contributed by atoms with E-state index in [0.29, 0.717) is 17.0 Å². The van der Waals surface area contributed by atoms with E-state index < -0.39 is 0 Å². The van der Waals surface area contributed by atoms with E-state index in [0.717, 1.165) is 12.1 Å². The number of amides is 1. The summed E-state index contributed by atoms with van der Waals surface area (Å²) in [7, 11) is 3.98. The van der Waals surface area contributed by atoms with Gasteiger partial charge in [0.1, 0.15) is 11.6 Å². The fraction of sp³-hybridized carbons (Fsp3) is 0.150. The summed E-state index contributed by atoms with van der Waals surface area (Å²) in [6.07, 6.45) is 0. The molecule has 0 bridgehead atoms. The molecule has 0 unspecified atom stereocenters. The lowest BCUT2D eigenvalue weighted by atomic mass is 10.2. The Kier molecular flexibility index (Phi) is 4.95. The van der Waals surface area contributed by atoms with Crippen LogP contribution in [0.5, 0.6) is 0 Å². The quantitative estimate of drug-likeness (QED) is 0.750. The van der Waals surface area contributed by atoms with E-state index in [1.54, 1.807) is 24.3 Å². The number of anilines is 1. The van der Waals surface area contributed by atoms with Crippen LogP contribution in [-0.4, -0.2) is 24.9 Å². The Morgan fingerprint density at radius 2 is 1.84 bits per heavy atom. The lowest BCUT2D eigenvalue weighted by molar-refractivity contribution is 0.0997. The molecule has 1 heterocycles. The van der Waals surface area contributed by atoms with E-state index in [4.69, 9.17) is 4.42 Å².